The molecule has 1 aromatic carbocycles. The molecule has 3 N–H and O–H groups in total. The van der Waals surface area contributed by atoms with Crippen molar-refractivity contribution in [2.24, 2.45) is 11.7 Å². The zero-order chi connectivity index (χ0) is 13.5. The molecule has 19 heavy (non-hydrogen) atoms. The van der Waals surface area contributed by atoms with Crippen molar-refractivity contribution < 1.29 is 0 Å². The molecular formula is C15H22N4. The van der Waals surface area contributed by atoms with Crippen LogP contribution >= 0.6 is 0 Å². The number of nitrogens with two attached hydrogens (primary N) is 1. The number of hydrogen-bond donors (Lipinski definition) is 2. The topological polar surface area (TPSA) is 65.1 Å². The maximum Gasteiger partial charge on any atom is 0.0991 e. The van der Waals surface area contributed by atoms with Gasteiger partial charge in [0.05, 0.1) is 11.6 Å². The average molecular weight is 258 g/mol. The Bertz CT molecular complexity index is 413. The average Bonchev–Trinajstić information content (AvgIpc) is 2.47. The second kappa shape index (κ2) is 7.13. The van der Waals surface area contributed by atoms with Crippen molar-refractivity contribution in [1.29, 1.82) is 5.26 Å². The van der Waals surface area contributed by atoms with E-state index in [4.69, 9.17) is 11.0 Å². The van der Waals surface area contributed by atoms with Crippen molar-refractivity contribution in [3.63, 3.8) is 0 Å². The van der Waals surface area contributed by atoms with E-state index >= 15 is 0 Å². The van der Waals surface area contributed by atoms with Crippen LogP contribution < -0.4 is 11.1 Å². The number of nitriles is 1. The molecule has 0 aliphatic carbocycles. The fraction of sp³-hybridized carbons (Fsp3) is 0.533. The molecule has 0 saturated carbocycles. The molecule has 0 atom stereocenters. The van der Waals surface area contributed by atoms with E-state index < -0.39 is 0 Å². The zero-order valence-electron chi connectivity index (χ0n) is 11.3. The van der Waals surface area contributed by atoms with Gasteiger partial charge < -0.3 is 16.0 Å². The highest BCUT2D eigenvalue weighted by Gasteiger charge is 2.18. The summed E-state index contributed by atoms with van der Waals surface area (Å²) in [5, 5.41) is 12.2. The van der Waals surface area contributed by atoms with Gasteiger partial charge in [0.2, 0.25) is 0 Å². The van der Waals surface area contributed by atoms with E-state index in [1.807, 2.05) is 24.3 Å². The monoisotopic (exact) mass is 258 g/mol. The van der Waals surface area contributed by atoms with Gasteiger partial charge in [-0.1, -0.05) is 0 Å². The van der Waals surface area contributed by atoms with E-state index in [1.54, 1.807) is 0 Å². The van der Waals surface area contributed by atoms with Crippen molar-refractivity contribution in [3.05, 3.63) is 29.8 Å². The minimum absolute atomic E-state index is 0.709. The van der Waals surface area contributed by atoms with Gasteiger partial charge >= 0.3 is 0 Å². The molecule has 1 heterocycles. The second-order valence-electron chi connectivity index (χ2n) is 5.14. The standard InChI is InChI=1S/C15H22N4/c16-7-10-19-8-5-14(6-9-19)12-18-15-3-1-13(11-17)2-4-15/h1-4,14,18H,5-10,12,16H2. The number of nitrogens with one attached hydrogen (secondary N) is 1. The Morgan fingerprint density at radius 1 is 1.26 bits per heavy atom. The molecule has 0 aromatic heterocycles. The van der Waals surface area contributed by atoms with Crippen LogP contribution in [-0.2, 0) is 0 Å². The number of hydrogen-bond acceptors (Lipinski definition) is 4. The molecule has 0 spiro atoms. The van der Waals surface area contributed by atoms with E-state index in [2.05, 4.69) is 16.3 Å². The van der Waals surface area contributed by atoms with Crippen LogP contribution in [0.25, 0.3) is 0 Å². The molecule has 0 bridgehead atoms. The van der Waals surface area contributed by atoms with Crippen molar-refractivity contribution in [2.75, 3.05) is 38.0 Å². The van der Waals surface area contributed by atoms with E-state index in [1.165, 1.54) is 12.8 Å². The first-order valence-electron chi connectivity index (χ1n) is 6.98. The minimum Gasteiger partial charge on any atom is -0.385 e. The van der Waals surface area contributed by atoms with Gasteiger partial charge in [-0.05, 0) is 56.1 Å². The molecule has 1 saturated heterocycles. The summed E-state index contributed by atoms with van der Waals surface area (Å²) in [4.78, 5) is 2.44. The lowest BCUT2D eigenvalue weighted by molar-refractivity contribution is 0.194. The largest absolute Gasteiger partial charge is 0.385 e. The van der Waals surface area contributed by atoms with Crippen LogP contribution in [0.15, 0.2) is 24.3 Å². The lowest BCUT2D eigenvalue weighted by Crippen LogP contribution is -2.38. The maximum absolute atomic E-state index is 8.75. The lowest BCUT2D eigenvalue weighted by atomic mass is 9.96. The first kappa shape index (κ1) is 13.9. The van der Waals surface area contributed by atoms with E-state index in [9.17, 15) is 0 Å². The predicted octanol–water partition coefficient (Wildman–Crippen LogP) is 1.64. The highest BCUT2D eigenvalue weighted by Crippen LogP contribution is 2.18. The molecular weight excluding hydrogens is 236 g/mol. The van der Waals surface area contributed by atoms with E-state index in [0.717, 1.165) is 44.3 Å². The fourth-order valence-corrected chi connectivity index (χ4v) is 2.52. The van der Waals surface area contributed by atoms with Crippen LogP contribution in [0.1, 0.15) is 18.4 Å². The zero-order valence-corrected chi connectivity index (χ0v) is 11.3. The van der Waals surface area contributed by atoms with Crippen LogP contribution in [-0.4, -0.2) is 37.6 Å². The molecule has 0 amide bonds. The number of piperidine rings is 1. The third-order valence-electron chi connectivity index (χ3n) is 3.76. The van der Waals surface area contributed by atoms with Crippen LogP contribution in [0.4, 0.5) is 5.69 Å². The van der Waals surface area contributed by atoms with Gasteiger partial charge in [0, 0.05) is 25.3 Å². The van der Waals surface area contributed by atoms with Gasteiger partial charge in [-0.2, -0.15) is 5.26 Å². The van der Waals surface area contributed by atoms with Crippen molar-refractivity contribution >= 4 is 5.69 Å². The molecule has 1 aromatic rings. The van der Waals surface area contributed by atoms with Gasteiger partial charge in [-0.15, -0.1) is 0 Å². The molecule has 1 fully saturated rings. The summed E-state index contributed by atoms with van der Waals surface area (Å²) in [6.45, 7) is 5.13. The Morgan fingerprint density at radius 2 is 1.95 bits per heavy atom. The number of rotatable bonds is 5. The third-order valence-corrected chi connectivity index (χ3v) is 3.76. The summed E-state index contributed by atoms with van der Waals surface area (Å²) in [5.74, 6) is 0.740. The molecule has 102 valence electrons. The highest BCUT2D eigenvalue weighted by atomic mass is 15.1. The molecule has 0 radical (unpaired) electrons. The van der Waals surface area contributed by atoms with Crippen LogP contribution in [0, 0.1) is 17.2 Å². The summed E-state index contributed by atoms with van der Waals surface area (Å²) in [6.07, 6.45) is 2.48. The number of benzene rings is 1. The smallest absolute Gasteiger partial charge is 0.0991 e. The number of anilines is 1. The third kappa shape index (κ3) is 4.23. The van der Waals surface area contributed by atoms with Crippen molar-refractivity contribution in [1.82, 2.24) is 4.90 Å². The number of likely N-dealkylation sites (tertiary alicyclic amines) is 1. The maximum atomic E-state index is 8.75. The SMILES string of the molecule is N#Cc1ccc(NCC2CCN(CCN)CC2)cc1. The minimum atomic E-state index is 0.709. The molecule has 2 rings (SSSR count). The Hall–Kier alpha value is -1.57. The Kier molecular flexibility index (Phi) is 5.20. The van der Waals surface area contributed by atoms with Crippen molar-refractivity contribution in [3.8, 4) is 6.07 Å². The normalized spacial score (nSPS) is 17.1. The summed E-state index contributed by atoms with van der Waals surface area (Å²) in [7, 11) is 0. The van der Waals surface area contributed by atoms with Gasteiger partial charge in [0.1, 0.15) is 0 Å². The molecule has 4 nitrogen and oxygen atoms in total. The first-order chi connectivity index (χ1) is 9.31. The van der Waals surface area contributed by atoms with E-state index in [0.29, 0.717) is 5.56 Å². The van der Waals surface area contributed by atoms with Crippen molar-refractivity contribution in [2.45, 2.75) is 12.8 Å². The highest BCUT2D eigenvalue weighted by molar-refractivity contribution is 5.47. The Balaban J connectivity index is 1.73. The van der Waals surface area contributed by atoms with E-state index in [-0.39, 0.29) is 0 Å². The van der Waals surface area contributed by atoms with Crippen LogP contribution in [0.3, 0.4) is 0 Å². The lowest BCUT2D eigenvalue weighted by Gasteiger charge is -2.31. The summed E-state index contributed by atoms with van der Waals surface area (Å²) in [6, 6.07) is 9.79. The molecule has 0 unspecified atom stereocenters. The fourth-order valence-electron chi connectivity index (χ4n) is 2.52. The Morgan fingerprint density at radius 3 is 2.53 bits per heavy atom. The van der Waals surface area contributed by atoms with Gasteiger partial charge in [0.15, 0.2) is 0 Å². The van der Waals surface area contributed by atoms with Crippen LogP contribution in [0.2, 0.25) is 0 Å². The quantitative estimate of drug-likeness (QED) is 0.842. The summed E-state index contributed by atoms with van der Waals surface area (Å²) < 4.78 is 0. The molecule has 4 heteroatoms. The second-order valence-corrected chi connectivity index (χ2v) is 5.14. The number of nitrogens with zero attached hydrogens (tertiary/aromatic N) is 2. The molecule has 1 aliphatic rings. The van der Waals surface area contributed by atoms with Gasteiger partial charge in [-0.3, -0.25) is 0 Å². The van der Waals surface area contributed by atoms with Gasteiger partial charge in [0.25, 0.3) is 0 Å². The molecule has 1 aliphatic heterocycles. The Labute approximate surface area is 115 Å². The van der Waals surface area contributed by atoms with Crippen LogP contribution in [0.5, 0.6) is 0 Å². The predicted molar refractivity (Wildman–Crippen MR) is 77.9 cm³/mol. The summed E-state index contributed by atoms with van der Waals surface area (Å²) >= 11 is 0. The summed E-state index contributed by atoms with van der Waals surface area (Å²) in [5.41, 5.74) is 7.38. The first-order valence-corrected chi connectivity index (χ1v) is 6.98. The van der Waals surface area contributed by atoms with Gasteiger partial charge in [-0.25, -0.2) is 0 Å².